The zero-order chi connectivity index (χ0) is 30.1. The summed E-state index contributed by atoms with van der Waals surface area (Å²) in [4.78, 5) is 50.3. The van der Waals surface area contributed by atoms with Crippen LogP contribution in [0.2, 0.25) is 0 Å². The number of fused-ring (bicyclic) bond motifs is 1. The lowest BCUT2D eigenvalue weighted by atomic mass is 9.84. The van der Waals surface area contributed by atoms with Gasteiger partial charge in [0.1, 0.15) is 18.5 Å². The number of esters is 1. The van der Waals surface area contributed by atoms with Crippen molar-refractivity contribution < 1.29 is 33.4 Å². The first-order valence-corrected chi connectivity index (χ1v) is 14.4. The van der Waals surface area contributed by atoms with Gasteiger partial charge >= 0.3 is 18.2 Å². The molecule has 0 spiro atoms. The Morgan fingerprint density at radius 1 is 1.10 bits per heavy atom. The smallest absolute Gasteiger partial charge is 0.407 e. The maximum absolute atomic E-state index is 13.3. The number of Topliss-reactive ketones (excluding diaryl/α,β-unsaturated/α-hetero) is 1. The zero-order valence-electron chi connectivity index (χ0n) is 24.2. The number of carbonyl (C=O) groups is 4. The molecule has 1 aromatic carbocycles. The molecule has 2 aromatic rings. The summed E-state index contributed by atoms with van der Waals surface area (Å²) in [5, 5.41) is 13.4. The van der Waals surface area contributed by atoms with Crippen molar-refractivity contribution in [2.75, 3.05) is 13.2 Å². The van der Waals surface area contributed by atoms with Crippen LogP contribution in [0.5, 0.6) is 0 Å². The Hall–Kier alpha value is -4.28. The summed E-state index contributed by atoms with van der Waals surface area (Å²) in [7, 11) is 0. The molecular weight excluding hydrogens is 540 g/mol. The Morgan fingerprint density at radius 3 is 2.62 bits per heavy atom. The second kappa shape index (κ2) is 14.6. The van der Waals surface area contributed by atoms with E-state index in [2.05, 4.69) is 20.8 Å². The molecule has 2 aliphatic heterocycles. The van der Waals surface area contributed by atoms with E-state index in [9.17, 15) is 19.2 Å². The van der Waals surface area contributed by atoms with Crippen molar-refractivity contribution in [2.45, 2.75) is 64.7 Å². The SMILES string of the molecule is C[C@@H]1CCC[C@H](OC(=O)NC/C=C/c2ccc(-c3cccnn3)cc2)C[C@@H](C)C(=O)[C@H](C)[C@H]2NC(=O)O[C@@H]2COC1=O. The average molecular weight is 579 g/mol. The number of cyclic esters (lactones) is 1. The highest BCUT2D eigenvalue weighted by Crippen LogP contribution is 2.26. The Balaban J connectivity index is 1.33. The number of benzene rings is 1. The lowest BCUT2D eigenvalue weighted by Crippen LogP contribution is -2.45. The zero-order valence-corrected chi connectivity index (χ0v) is 24.2. The number of amides is 2. The van der Waals surface area contributed by atoms with Crippen molar-refractivity contribution in [3.05, 3.63) is 54.2 Å². The molecule has 6 atom stereocenters. The van der Waals surface area contributed by atoms with Crippen LogP contribution < -0.4 is 10.6 Å². The largest absolute Gasteiger partial charge is 0.461 e. The molecule has 0 radical (unpaired) electrons. The summed E-state index contributed by atoms with van der Waals surface area (Å²) in [5.41, 5.74) is 2.71. The monoisotopic (exact) mass is 578 g/mol. The summed E-state index contributed by atoms with van der Waals surface area (Å²) in [6.07, 6.45) is 4.81. The molecule has 0 bridgehead atoms. The van der Waals surface area contributed by atoms with Gasteiger partial charge < -0.3 is 24.8 Å². The molecule has 2 amide bonds. The van der Waals surface area contributed by atoms with E-state index in [1.54, 1.807) is 27.0 Å². The number of ether oxygens (including phenoxy) is 3. The molecule has 3 heterocycles. The first-order chi connectivity index (χ1) is 20.2. The number of ketones is 1. The van der Waals surface area contributed by atoms with Crippen molar-refractivity contribution in [1.29, 1.82) is 0 Å². The highest BCUT2D eigenvalue weighted by atomic mass is 16.6. The number of hydrogen-bond acceptors (Lipinski definition) is 9. The number of aromatic nitrogens is 2. The van der Waals surface area contributed by atoms with Crippen LogP contribution in [0.3, 0.4) is 0 Å². The van der Waals surface area contributed by atoms with Gasteiger partial charge in [0, 0.05) is 30.1 Å². The number of carbonyl (C=O) groups excluding carboxylic acids is 4. The van der Waals surface area contributed by atoms with Crippen molar-refractivity contribution in [3.8, 4) is 11.3 Å². The Morgan fingerprint density at radius 2 is 1.88 bits per heavy atom. The lowest BCUT2D eigenvalue weighted by Gasteiger charge is -2.27. The van der Waals surface area contributed by atoms with Crippen molar-refractivity contribution in [2.24, 2.45) is 17.8 Å². The Kier molecular flexibility index (Phi) is 10.6. The van der Waals surface area contributed by atoms with Crippen molar-refractivity contribution in [3.63, 3.8) is 0 Å². The van der Waals surface area contributed by atoms with E-state index in [1.165, 1.54) is 0 Å². The van der Waals surface area contributed by atoms with Gasteiger partial charge in [0.25, 0.3) is 0 Å². The third kappa shape index (κ3) is 8.37. The molecule has 11 nitrogen and oxygen atoms in total. The molecule has 224 valence electrons. The first-order valence-electron chi connectivity index (χ1n) is 14.4. The molecule has 4 rings (SSSR count). The topological polar surface area (TPSA) is 146 Å². The highest BCUT2D eigenvalue weighted by Gasteiger charge is 2.42. The van der Waals surface area contributed by atoms with E-state index in [4.69, 9.17) is 14.2 Å². The van der Waals surface area contributed by atoms with Gasteiger partial charge in [0.05, 0.1) is 17.7 Å². The van der Waals surface area contributed by atoms with E-state index in [0.717, 1.165) is 16.8 Å². The van der Waals surface area contributed by atoms with Crippen LogP contribution in [-0.4, -0.2) is 65.5 Å². The number of hydrogen-bond donors (Lipinski definition) is 2. The number of rotatable bonds is 5. The second-order valence-electron chi connectivity index (χ2n) is 10.9. The maximum Gasteiger partial charge on any atom is 0.407 e. The summed E-state index contributed by atoms with van der Waals surface area (Å²) < 4.78 is 16.4. The molecule has 2 fully saturated rings. The summed E-state index contributed by atoms with van der Waals surface area (Å²) in [5.74, 6) is -1.86. The number of nitrogens with one attached hydrogen (secondary N) is 2. The number of alkyl carbamates (subject to hydrolysis) is 2. The fraction of sp³-hybridized carbons (Fsp3) is 0.484. The molecule has 0 saturated carbocycles. The summed E-state index contributed by atoms with van der Waals surface area (Å²) in [6.45, 7) is 5.45. The minimum Gasteiger partial charge on any atom is -0.461 e. The maximum atomic E-state index is 13.3. The minimum absolute atomic E-state index is 0.0881. The van der Waals surface area contributed by atoms with Gasteiger partial charge in [-0.2, -0.15) is 10.2 Å². The summed E-state index contributed by atoms with van der Waals surface area (Å²) in [6, 6.07) is 10.9. The molecule has 2 aliphatic rings. The van der Waals surface area contributed by atoms with Gasteiger partial charge in [-0.15, -0.1) is 0 Å². The van der Waals surface area contributed by atoms with Crippen LogP contribution in [0.1, 0.15) is 52.0 Å². The van der Waals surface area contributed by atoms with Crippen LogP contribution in [-0.2, 0) is 23.8 Å². The van der Waals surface area contributed by atoms with Crippen molar-refractivity contribution in [1.82, 2.24) is 20.8 Å². The molecule has 0 aliphatic carbocycles. The average Bonchev–Trinajstić information content (AvgIpc) is 3.37. The molecule has 1 aromatic heterocycles. The minimum atomic E-state index is -0.746. The summed E-state index contributed by atoms with van der Waals surface area (Å²) >= 11 is 0. The molecule has 2 saturated heterocycles. The molecule has 11 heteroatoms. The highest BCUT2D eigenvalue weighted by molar-refractivity contribution is 5.85. The van der Waals surface area contributed by atoms with E-state index < -0.39 is 48.2 Å². The van der Waals surface area contributed by atoms with Gasteiger partial charge in [0.15, 0.2) is 6.10 Å². The van der Waals surface area contributed by atoms with Crippen LogP contribution in [0.25, 0.3) is 17.3 Å². The standard InChI is InChI=1S/C31H38N4O7/c1-19-7-4-9-24(17-20(2)28(36)21(3)27-26(18-40-29(19)37)42-31(39)34-27)41-30(38)32-15-5-8-22-11-13-23(14-12-22)25-10-6-16-33-35-25/h5-6,8,10-14,16,19-21,24,26-27H,4,7,9,15,17-18H2,1-3H3,(H,32,38)(H,34,39)/b8-5+/t19-,20-,21-,24+,26-,27-/m1/s1. The Labute approximate surface area is 245 Å². The molecular formula is C31H38N4O7. The third-order valence-electron chi connectivity index (χ3n) is 7.72. The van der Waals surface area contributed by atoms with E-state index in [-0.39, 0.29) is 24.9 Å². The second-order valence-corrected chi connectivity index (χ2v) is 10.9. The van der Waals surface area contributed by atoms with Gasteiger partial charge in [-0.25, -0.2) is 9.59 Å². The number of nitrogens with zero attached hydrogens (tertiary/aromatic N) is 2. The van der Waals surface area contributed by atoms with Crippen LogP contribution >= 0.6 is 0 Å². The van der Waals surface area contributed by atoms with E-state index in [0.29, 0.717) is 25.7 Å². The third-order valence-corrected chi connectivity index (χ3v) is 7.72. The predicted octanol–water partition coefficient (Wildman–Crippen LogP) is 4.32. The fourth-order valence-corrected chi connectivity index (χ4v) is 5.25. The first kappa shape index (κ1) is 30.7. The molecule has 0 unspecified atom stereocenters. The molecule has 42 heavy (non-hydrogen) atoms. The van der Waals surface area contributed by atoms with Crippen LogP contribution in [0.15, 0.2) is 48.7 Å². The van der Waals surface area contributed by atoms with E-state index in [1.807, 2.05) is 48.6 Å². The van der Waals surface area contributed by atoms with E-state index >= 15 is 0 Å². The Bertz CT molecular complexity index is 1270. The van der Waals surface area contributed by atoms with Crippen LogP contribution in [0.4, 0.5) is 9.59 Å². The quantitative estimate of drug-likeness (QED) is 0.391. The van der Waals surface area contributed by atoms with Crippen LogP contribution in [0, 0.1) is 17.8 Å². The van der Waals surface area contributed by atoms with Gasteiger partial charge in [-0.05, 0) is 43.4 Å². The van der Waals surface area contributed by atoms with Gasteiger partial charge in [-0.1, -0.05) is 57.2 Å². The van der Waals surface area contributed by atoms with Gasteiger partial charge in [0.2, 0.25) is 0 Å². The molecule has 2 N–H and O–H groups in total. The van der Waals surface area contributed by atoms with Crippen molar-refractivity contribution >= 4 is 30.0 Å². The predicted molar refractivity (Wildman–Crippen MR) is 154 cm³/mol. The lowest BCUT2D eigenvalue weighted by molar-refractivity contribution is -0.151. The fourth-order valence-electron chi connectivity index (χ4n) is 5.25. The normalized spacial score (nSPS) is 27.3. The van der Waals surface area contributed by atoms with Gasteiger partial charge in [-0.3, -0.25) is 9.59 Å².